The molecule has 0 aliphatic heterocycles. The number of thiazole rings is 1. The molecular weight excluding hydrogens is 403 g/mol. The number of hydrogen-bond acceptors (Lipinski definition) is 7. The molecule has 11 heteroatoms. The number of nitrogen functional groups attached to an aromatic ring is 2. The highest BCUT2D eigenvalue weighted by Crippen LogP contribution is 2.34. The molecule has 0 amide bonds. The summed E-state index contributed by atoms with van der Waals surface area (Å²) in [4.78, 5) is 11.7. The van der Waals surface area contributed by atoms with Gasteiger partial charge in [0.2, 0.25) is 5.82 Å². The van der Waals surface area contributed by atoms with E-state index in [-0.39, 0.29) is 23.6 Å². The molecule has 2 aromatic heterocycles. The maximum atomic E-state index is 12.7. The maximum Gasteiger partial charge on any atom is 0.451 e. The van der Waals surface area contributed by atoms with Crippen molar-refractivity contribution < 1.29 is 17.9 Å². The Balaban J connectivity index is 1.87. The smallest absolute Gasteiger partial charge is 0.451 e. The van der Waals surface area contributed by atoms with Crippen LogP contribution in [0.2, 0.25) is 5.02 Å². The molecule has 0 unspecified atom stereocenters. The topological polar surface area (TPSA) is 99.9 Å². The molecule has 0 bridgehead atoms. The van der Waals surface area contributed by atoms with Crippen molar-refractivity contribution in [1.29, 1.82) is 0 Å². The summed E-state index contributed by atoms with van der Waals surface area (Å²) in [6.07, 6.45) is -2.96. The molecule has 0 saturated heterocycles. The SMILES string of the molecule is COc1ccc(-c2ncc(Cc3c(N)nc(C(F)(F)F)nc3N)s2)cc1Cl. The fourth-order valence-electron chi connectivity index (χ4n) is 2.32. The molecule has 142 valence electrons. The van der Waals surface area contributed by atoms with Gasteiger partial charge in [-0.25, -0.2) is 15.0 Å². The zero-order valence-corrected chi connectivity index (χ0v) is 15.4. The van der Waals surface area contributed by atoms with E-state index in [1.54, 1.807) is 24.4 Å². The van der Waals surface area contributed by atoms with Crippen LogP contribution in [-0.4, -0.2) is 22.1 Å². The lowest BCUT2D eigenvalue weighted by atomic mass is 10.2. The third-order valence-electron chi connectivity index (χ3n) is 3.63. The Labute approximate surface area is 161 Å². The average Bonchev–Trinajstić information content (AvgIpc) is 3.05. The van der Waals surface area contributed by atoms with Crippen molar-refractivity contribution in [2.24, 2.45) is 0 Å². The first-order valence-corrected chi connectivity index (χ1v) is 8.66. The Morgan fingerprint density at radius 3 is 2.41 bits per heavy atom. The second-order valence-electron chi connectivity index (χ2n) is 5.45. The van der Waals surface area contributed by atoms with Crippen LogP contribution in [0.5, 0.6) is 5.75 Å². The highest BCUT2D eigenvalue weighted by atomic mass is 35.5. The van der Waals surface area contributed by atoms with Gasteiger partial charge in [0.1, 0.15) is 22.4 Å². The summed E-state index contributed by atoms with van der Waals surface area (Å²) in [5.74, 6) is -1.44. The summed E-state index contributed by atoms with van der Waals surface area (Å²) in [7, 11) is 1.52. The Bertz CT molecular complexity index is 969. The van der Waals surface area contributed by atoms with Crippen LogP contribution in [0.25, 0.3) is 10.6 Å². The largest absolute Gasteiger partial charge is 0.495 e. The zero-order chi connectivity index (χ0) is 19.8. The molecule has 0 saturated carbocycles. The fraction of sp³-hybridized carbons (Fsp3) is 0.188. The van der Waals surface area contributed by atoms with Crippen molar-refractivity contribution in [2.45, 2.75) is 12.6 Å². The molecule has 3 rings (SSSR count). The minimum absolute atomic E-state index is 0.164. The molecule has 3 aromatic rings. The molecule has 1 aromatic carbocycles. The van der Waals surface area contributed by atoms with E-state index in [9.17, 15) is 13.2 Å². The lowest BCUT2D eigenvalue weighted by Crippen LogP contribution is -2.16. The highest BCUT2D eigenvalue weighted by molar-refractivity contribution is 7.15. The standard InChI is InChI=1S/C16H13ClF3N5OS/c1-26-11-3-2-7(4-10(11)17)14-23-6-8(27-14)5-9-12(21)24-15(16(18,19)20)25-13(9)22/h2-4,6H,5H2,1H3,(H4,21,22,24,25). The molecule has 0 spiro atoms. The lowest BCUT2D eigenvalue weighted by Gasteiger charge is -2.10. The predicted octanol–water partition coefficient (Wildman–Crippen LogP) is 4.04. The second kappa shape index (κ2) is 7.20. The van der Waals surface area contributed by atoms with Gasteiger partial charge in [0.15, 0.2) is 0 Å². The van der Waals surface area contributed by atoms with Crippen LogP contribution < -0.4 is 16.2 Å². The van der Waals surface area contributed by atoms with E-state index in [4.69, 9.17) is 27.8 Å². The van der Waals surface area contributed by atoms with Crippen molar-refractivity contribution in [3.05, 3.63) is 45.7 Å². The number of rotatable bonds is 4. The minimum Gasteiger partial charge on any atom is -0.495 e. The van der Waals surface area contributed by atoms with Crippen molar-refractivity contribution in [3.8, 4) is 16.3 Å². The van der Waals surface area contributed by atoms with Gasteiger partial charge in [-0.15, -0.1) is 11.3 Å². The number of hydrogen-bond donors (Lipinski definition) is 2. The molecule has 0 aliphatic carbocycles. The molecule has 0 radical (unpaired) electrons. The molecule has 2 heterocycles. The van der Waals surface area contributed by atoms with E-state index in [2.05, 4.69) is 15.0 Å². The van der Waals surface area contributed by atoms with Gasteiger partial charge in [-0.1, -0.05) is 11.6 Å². The monoisotopic (exact) mass is 415 g/mol. The van der Waals surface area contributed by atoms with Crippen LogP contribution in [-0.2, 0) is 12.6 Å². The van der Waals surface area contributed by atoms with Gasteiger partial charge in [-0.3, -0.25) is 0 Å². The van der Waals surface area contributed by atoms with Crippen LogP contribution in [0.4, 0.5) is 24.8 Å². The molecule has 0 aliphatic rings. The van der Waals surface area contributed by atoms with Crippen molar-refractivity contribution >= 4 is 34.6 Å². The van der Waals surface area contributed by atoms with E-state index in [1.165, 1.54) is 18.4 Å². The highest BCUT2D eigenvalue weighted by Gasteiger charge is 2.36. The lowest BCUT2D eigenvalue weighted by molar-refractivity contribution is -0.144. The summed E-state index contributed by atoms with van der Waals surface area (Å²) in [6.45, 7) is 0. The summed E-state index contributed by atoms with van der Waals surface area (Å²) in [5.41, 5.74) is 12.3. The Morgan fingerprint density at radius 1 is 1.19 bits per heavy atom. The van der Waals surface area contributed by atoms with E-state index in [1.807, 2.05) is 0 Å². The fourth-order valence-corrected chi connectivity index (χ4v) is 3.50. The number of benzene rings is 1. The van der Waals surface area contributed by atoms with Crippen LogP contribution in [0.3, 0.4) is 0 Å². The Hall–Kier alpha value is -2.59. The summed E-state index contributed by atoms with van der Waals surface area (Å²) in [5, 5.41) is 1.12. The summed E-state index contributed by atoms with van der Waals surface area (Å²) < 4.78 is 43.3. The maximum absolute atomic E-state index is 12.7. The quantitative estimate of drug-likeness (QED) is 0.667. The van der Waals surface area contributed by atoms with E-state index in [0.717, 1.165) is 10.4 Å². The molecular formula is C16H13ClF3N5OS. The number of aromatic nitrogens is 3. The number of alkyl halides is 3. The van der Waals surface area contributed by atoms with E-state index in [0.29, 0.717) is 15.8 Å². The van der Waals surface area contributed by atoms with Gasteiger partial charge < -0.3 is 16.2 Å². The van der Waals surface area contributed by atoms with Crippen LogP contribution >= 0.6 is 22.9 Å². The van der Waals surface area contributed by atoms with Gasteiger partial charge in [0.25, 0.3) is 0 Å². The number of halogens is 4. The third-order valence-corrected chi connectivity index (χ3v) is 4.97. The van der Waals surface area contributed by atoms with Crippen LogP contribution in [0.15, 0.2) is 24.4 Å². The second-order valence-corrected chi connectivity index (χ2v) is 6.97. The predicted molar refractivity (Wildman–Crippen MR) is 97.8 cm³/mol. The number of nitrogens with zero attached hydrogens (tertiary/aromatic N) is 3. The summed E-state index contributed by atoms with van der Waals surface area (Å²) >= 11 is 7.45. The Kier molecular flexibility index (Phi) is 5.11. The molecule has 6 nitrogen and oxygen atoms in total. The van der Waals surface area contributed by atoms with Crippen LogP contribution in [0, 0.1) is 0 Å². The first-order chi connectivity index (χ1) is 12.7. The molecule has 0 atom stereocenters. The number of methoxy groups -OCH3 is 1. The molecule has 27 heavy (non-hydrogen) atoms. The van der Waals surface area contributed by atoms with Crippen molar-refractivity contribution in [1.82, 2.24) is 15.0 Å². The average molecular weight is 416 g/mol. The third kappa shape index (κ3) is 4.06. The van der Waals surface area contributed by atoms with Gasteiger partial charge in [-0.05, 0) is 18.2 Å². The van der Waals surface area contributed by atoms with Crippen molar-refractivity contribution in [3.63, 3.8) is 0 Å². The molecule has 4 N–H and O–H groups in total. The van der Waals surface area contributed by atoms with Crippen molar-refractivity contribution in [2.75, 3.05) is 18.6 Å². The Morgan fingerprint density at radius 2 is 1.85 bits per heavy atom. The number of anilines is 2. The first-order valence-electron chi connectivity index (χ1n) is 7.46. The summed E-state index contributed by atoms with van der Waals surface area (Å²) in [6, 6.07) is 5.24. The minimum atomic E-state index is -4.72. The van der Waals surface area contributed by atoms with E-state index < -0.39 is 12.0 Å². The van der Waals surface area contributed by atoms with Gasteiger partial charge in [0, 0.05) is 28.6 Å². The molecule has 0 fully saturated rings. The van der Waals surface area contributed by atoms with Gasteiger partial charge in [0.05, 0.1) is 12.1 Å². The van der Waals surface area contributed by atoms with Gasteiger partial charge >= 0.3 is 6.18 Å². The van der Waals surface area contributed by atoms with Gasteiger partial charge in [-0.2, -0.15) is 13.2 Å². The number of nitrogens with two attached hydrogens (primary N) is 2. The zero-order valence-electron chi connectivity index (χ0n) is 13.8. The first kappa shape index (κ1) is 19.2. The van der Waals surface area contributed by atoms with Crippen LogP contribution in [0.1, 0.15) is 16.3 Å². The van der Waals surface area contributed by atoms with E-state index >= 15 is 0 Å². The number of ether oxygens (including phenoxy) is 1. The normalized spacial score (nSPS) is 11.6.